The first kappa shape index (κ1) is 45.1. The van der Waals surface area contributed by atoms with Gasteiger partial charge < -0.3 is 15.0 Å². The summed E-state index contributed by atoms with van der Waals surface area (Å²) < 4.78 is 221. The third-order valence-electron chi connectivity index (χ3n) is 7.61. The highest BCUT2D eigenvalue weighted by atomic mass is 79.9. The molecule has 0 aliphatic carbocycles. The van der Waals surface area contributed by atoms with Gasteiger partial charge in [-0.2, -0.15) is 70.2 Å². The first-order chi connectivity index (χ1) is 25.8. The van der Waals surface area contributed by atoms with Crippen molar-refractivity contribution in [2.24, 2.45) is 0 Å². The van der Waals surface area contributed by atoms with Crippen LogP contribution in [0.3, 0.4) is 0 Å². The van der Waals surface area contributed by atoms with Gasteiger partial charge >= 0.3 is 47.2 Å². The molecule has 4 rings (SSSR count). The van der Waals surface area contributed by atoms with E-state index in [1.54, 1.807) is 42.1 Å². The SMILES string of the molecule is CNc1ccc2nc(-c3ccc(CC(=O)c4ccc(C(C)=O)c(OC(F)(F)C(F)(Br)OC(F)(F)C(F)(OC(F)(F)C(F)(F)C(F)(F)F)C(F)(F)F)c4)cc3)[nH]c2c1. The molecule has 25 heteroatoms. The number of carbonyl (C=O) groups is 2. The van der Waals surface area contributed by atoms with E-state index in [1.807, 2.05) is 0 Å². The Bertz CT molecular complexity index is 2140. The summed E-state index contributed by atoms with van der Waals surface area (Å²) in [7, 11) is 1.71. The molecule has 312 valence electrons. The number of halogens is 17. The maximum absolute atomic E-state index is 15.0. The summed E-state index contributed by atoms with van der Waals surface area (Å²) in [5.41, 5.74) is 1.31. The summed E-state index contributed by atoms with van der Waals surface area (Å²) in [6.45, 7) is 0.654. The average molecular weight is 910 g/mol. The fourth-order valence-corrected chi connectivity index (χ4v) is 4.90. The van der Waals surface area contributed by atoms with Gasteiger partial charge in [-0.25, -0.2) is 4.98 Å². The number of Topliss-reactive ketones (excluding diaryl/α,β-unsaturated/α-hetero) is 2. The Labute approximate surface area is 315 Å². The topological polar surface area (TPSA) is 103 Å². The predicted molar refractivity (Wildman–Crippen MR) is 167 cm³/mol. The van der Waals surface area contributed by atoms with Crippen LogP contribution < -0.4 is 10.1 Å². The first-order valence-electron chi connectivity index (χ1n) is 15.0. The molecule has 2 atom stereocenters. The van der Waals surface area contributed by atoms with Crippen LogP contribution in [-0.4, -0.2) is 75.8 Å². The normalized spacial score (nSPS) is 15.6. The van der Waals surface area contributed by atoms with Crippen molar-refractivity contribution in [3.05, 3.63) is 77.4 Å². The van der Waals surface area contributed by atoms with Crippen molar-refractivity contribution < 1.29 is 94.0 Å². The molecule has 1 heterocycles. The van der Waals surface area contributed by atoms with Gasteiger partial charge in [-0.05, 0) is 58.7 Å². The van der Waals surface area contributed by atoms with E-state index in [1.165, 1.54) is 12.1 Å². The number of aromatic amines is 1. The van der Waals surface area contributed by atoms with Crippen molar-refractivity contribution in [3.8, 4) is 17.1 Å². The number of fused-ring (bicyclic) bond motifs is 1. The number of ether oxygens (including phenoxy) is 3. The van der Waals surface area contributed by atoms with Crippen molar-refractivity contribution in [1.82, 2.24) is 9.97 Å². The molecule has 0 spiro atoms. The van der Waals surface area contributed by atoms with Crippen LogP contribution in [0.2, 0.25) is 0 Å². The van der Waals surface area contributed by atoms with E-state index in [-0.39, 0.29) is 5.56 Å². The van der Waals surface area contributed by atoms with E-state index in [9.17, 15) is 66.7 Å². The monoisotopic (exact) mass is 909 g/mol. The molecule has 1 aromatic heterocycles. The molecule has 2 unspecified atom stereocenters. The predicted octanol–water partition coefficient (Wildman–Crippen LogP) is 10.5. The molecule has 57 heavy (non-hydrogen) atoms. The van der Waals surface area contributed by atoms with Gasteiger partial charge in [-0.1, -0.05) is 30.3 Å². The number of hydrogen-bond donors (Lipinski definition) is 2. The highest BCUT2D eigenvalue weighted by Crippen LogP contribution is 2.57. The van der Waals surface area contributed by atoms with Crippen LogP contribution >= 0.6 is 15.9 Å². The van der Waals surface area contributed by atoms with E-state index in [4.69, 9.17) is 0 Å². The summed E-state index contributed by atoms with van der Waals surface area (Å²) in [5.74, 6) is -19.1. The van der Waals surface area contributed by atoms with Gasteiger partial charge in [-0.15, -0.1) is 0 Å². The van der Waals surface area contributed by atoms with Crippen molar-refractivity contribution in [2.75, 3.05) is 12.4 Å². The van der Waals surface area contributed by atoms with E-state index in [0.717, 1.165) is 27.7 Å². The van der Waals surface area contributed by atoms with Crippen LogP contribution in [0.1, 0.15) is 33.2 Å². The third kappa shape index (κ3) is 8.78. The van der Waals surface area contributed by atoms with Crippen LogP contribution in [0, 0.1) is 0 Å². The van der Waals surface area contributed by atoms with Crippen LogP contribution in [-0.2, 0) is 15.9 Å². The van der Waals surface area contributed by atoms with Crippen molar-refractivity contribution >= 4 is 44.2 Å². The third-order valence-corrected chi connectivity index (χ3v) is 8.23. The number of nitrogens with one attached hydrogen (secondary N) is 2. The molecule has 0 radical (unpaired) electrons. The second-order valence-corrected chi connectivity index (χ2v) is 12.7. The quantitative estimate of drug-likeness (QED) is 0.0696. The lowest BCUT2D eigenvalue weighted by Crippen LogP contribution is -2.67. The average Bonchev–Trinajstić information content (AvgIpc) is 3.50. The number of imidazole rings is 1. The lowest BCUT2D eigenvalue weighted by Gasteiger charge is -2.40. The van der Waals surface area contributed by atoms with E-state index >= 15 is 13.2 Å². The van der Waals surface area contributed by atoms with Crippen molar-refractivity contribution in [2.45, 2.75) is 60.6 Å². The lowest BCUT2D eigenvalue weighted by atomic mass is 9.99. The number of H-pyrrole nitrogens is 1. The fraction of sp³-hybridized carbons (Fsp3) is 0.344. The van der Waals surface area contributed by atoms with Gasteiger partial charge in [-0.3, -0.25) is 19.1 Å². The standard InChI is InChI=1S/C32H20BrF16N3O5/c1-14(53)19-9-7-17(22(54)11-15-3-5-16(6-4-15)24-51-20-10-8-18(50-2)13-21(20)52-24)12-23(19)55-32(48,49)27(33,37)57-31(46,47)26(36,29(41,42)43)56-30(44,45)25(34,35)28(38,39)40/h3-10,12-13,50H,11H2,1-2H3,(H,51,52). The van der Waals surface area contributed by atoms with Gasteiger partial charge in [0.05, 0.1) is 16.6 Å². The summed E-state index contributed by atoms with van der Waals surface area (Å²) in [6, 6.07) is 13.1. The molecular formula is C32H20BrF16N3O5. The summed E-state index contributed by atoms with van der Waals surface area (Å²) in [5, 5.41) is 2.96. The number of rotatable bonds is 15. The molecule has 0 saturated carbocycles. The Morgan fingerprint density at radius 2 is 1.33 bits per heavy atom. The number of nitrogens with zero attached hydrogens (tertiary/aromatic N) is 1. The smallest absolute Gasteiger partial charge is 0.427 e. The van der Waals surface area contributed by atoms with Gasteiger partial charge in [0.1, 0.15) is 11.6 Å². The molecule has 0 aliphatic heterocycles. The second-order valence-electron chi connectivity index (χ2n) is 11.7. The molecule has 0 bridgehead atoms. The number of carbonyl (C=O) groups excluding carboxylic acids is 2. The summed E-state index contributed by atoms with van der Waals surface area (Å²) >= 11 is 0.989. The first-order valence-corrected chi connectivity index (χ1v) is 15.8. The Morgan fingerprint density at radius 1 is 0.737 bits per heavy atom. The minimum absolute atomic E-state index is 0.278. The lowest BCUT2D eigenvalue weighted by molar-refractivity contribution is -0.545. The summed E-state index contributed by atoms with van der Waals surface area (Å²) in [6.07, 6.45) is -37.8. The molecule has 2 N–H and O–H groups in total. The van der Waals surface area contributed by atoms with Crippen LogP contribution in [0.15, 0.2) is 60.7 Å². The number of anilines is 1. The van der Waals surface area contributed by atoms with Gasteiger partial charge in [0.2, 0.25) is 0 Å². The zero-order valence-corrected chi connectivity index (χ0v) is 29.5. The molecule has 0 fully saturated rings. The largest absolute Gasteiger partial charge is 0.471 e. The van der Waals surface area contributed by atoms with Crippen LogP contribution in [0.4, 0.5) is 75.9 Å². The van der Waals surface area contributed by atoms with E-state index in [0.29, 0.717) is 41.5 Å². The number of benzene rings is 3. The summed E-state index contributed by atoms with van der Waals surface area (Å²) in [4.78, 5) is 32.7. The van der Waals surface area contributed by atoms with Crippen molar-refractivity contribution in [3.63, 3.8) is 0 Å². The van der Waals surface area contributed by atoms with E-state index in [2.05, 4.69) is 24.8 Å². The molecule has 0 saturated heterocycles. The van der Waals surface area contributed by atoms with Gasteiger partial charge in [0.15, 0.2) is 11.6 Å². The molecule has 8 nitrogen and oxygen atoms in total. The Balaban J connectivity index is 1.59. The van der Waals surface area contributed by atoms with Crippen molar-refractivity contribution in [1.29, 1.82) is 0 Å². The van der Waals surface area contributed by atoms with Crippen LogP contribution in [0.25, 0.3) is 22.4 Å². The molecule has 3 aromatic carbocycles. The van der Waals surface area contributed by atoms with Gasteiger partial charge in [0.25, 0.3) is 0 Å². The molecule has 0 amide bonds. The molecule has 4 aromatic rings. The highest BCUT2D eigenvalue weighted by molar-refractivity contribution is 9.10. The zero-order valence-electron chi connectivity index (χ0n) is 27.9. The zero-order chi connectivity index (χ0) is 43.4. The maximum atomic E-state index is 15.0. The van der Waals surface area contributed by atoms with Gasteiger partial charge in [0, 0.05) is 30.3 Å². The second kappa shape index (κ2) is 14.9. The van der Waals surface area contributed by atoms with Crippen LogP contribution in [0.5, 0.6) is 5.75 Å². The maximum Gasteiger partial charge on any atom is 0.471 e. The number of ketones is 2. The van der Waals surface area contributed by atoms with E-state index < -0.39 is 82.1 Å². The number of aromatic nitrogens is 2. The number of hydrogen-bond acceptors (Lipinski definition) is 7. The minimum atomic E-state index is -7.93. The Morgan fingerprint density at radius 3 is 1.86 bits per heavy atom. The minimum Gasteiger partial charge on any atom is -0.427 e. The Hall–Kier alpha value is -4.65. The molecular weight excluding hydrogens is 890 g/mol. The Kier molecular flexibility index (Phi) is 11.8. The highest BCUT2D eigenvalue weighted by Gasteiger charge is 2.85. The fourth-order valence-electron chi connectivity index (χ4n) is 4.61. The molecule has 0 aliphatic rings. The number of alkyl halides is 17.